The van der Waals surface area contributed by atoms with Gasteiger partial charge in [0.1, 0.15) is 6.17 Å². The van der Waals surface area contributed by atoms with Crippen molar-refractivity contribution in [2.75, 3.05) is 34.0 Å². The predicted octanol–water partition coefficient (Wildman–Crippen LogP) is -1.56. The van der Waals surface area contributed by atoms with E-state index < -0.39 is 11.9 Å². The lowest BCUT2D eigenvalue weighted by Gasteiger charge is -2.22. The van der Waals surface area contributed by atoms with Crippen LogP contribution in [0.15, 0.2) is 0 Å². The van der Waals surface area contributed by atoms with E-state index in [9.17, 15) is 9.59 Å². The van der Waals surface area contributed by atoms with Crippen LogP contribution >= 0.6 is 0 Å². The summed E-state index contributed by atoms with van der Waals surface area (Å²) in [6.45, 7) is 1.72. The Labute approximate surface area is 82.8 Å². The van der Waals surface area contributed by atoms with Gasteiger partial charge in [-0.05, 0) is 0 Å². The molecular formula is C8H15N3O3. The minimum Gasteiger partial charge on any atom is -0.383 e. The van der Waals surface area contributed by atoms with E-state index in [-0.39, 0.29) is 0 Å². The topological polar surface area (TPSA) is 61.9 Å². The number of ether oxygens (including phenoxy) is 1. The molecule has 1 fully saturated rings. The molecular weight excluding hydrogens is 186 g/mol. The number of methoxy groups -OCH3 is 1. The van der Waals surface area contributed by atoms with Gasteiger partial charge in [0.25, 0.3) is 0 Å². The summed E-state index contributed by atoms with van der Waals surface area (Å²) in [5.74, 6) is -0.436. The SMILES string of the molecule is COCCN1CNN(C)C1C(=O)C=O. The molecule has 1 aliphatic rings. The molecule has 0 aromatic rings. The van der Waals surface area contributed by atoms with Gasteiger partial charge in [0.2, 0.25) is 5.78 Å². The molecule has 6 nitrogen and oxygen atoms in total. The molecule has 0 saturated carbocycles. The molecule has 0 spiro atoms. The Kier molecular flexibility index (Phi) is 4.15. The number of hydrazine groups is 1. The van der Waals surface area contributed by atoms with E-state index >= 15 is 0 Å². The number of Topliss-reactive ketones (excluding diaryl/α,β-unsaturated/α-hetero) is 1. The summed E-state index contributed by atoms with van der Waals surface area (Å²) in [5, 5.41) is 1.63. The zero-order chi connectivity index (χ0) is 10.6. The number of carbonyl (C=O) groups is 2. The largest absolute Gasteiger partial charge is 0.383 e. The van der Waals surface area contributed by atoms with Crippen molar-refractivity contribution in [1.29, 1.82) is 0 Å². The van der Waals surface area contributed by atoms with Crippen molar-refractivity contribution in [1.82, 2.24) is 15.3 Å². The van der Waals surface area contributed by atoms with Crippen LogP contribution in [0.4, 0.5) is 0 Å². The van der Waals surface area contributed by atoms with Gasteiger partial charge < -0.3 is 4.74 Å². The molecule has 0 aliphatic carbocycles. The second kappa shape index (κ2) is 5.16. The van der Waals surface area contributed by atoms with E-state index in [1.165, 1.54) is 0 Å². The molecule has 6 heteroatoms. The van der Waals surface area contributed by atoms with Crippen LogP contribution in [0, 0.1) is 0 Å². The third-order valence-electron chi connectivity index (χ3n) is 2.19. The maximum absolute atomic E-state index is 11.3. The Hall–Kier alpha value is -0.820. The van der Waals surface area contributed by atoms with Gasteiger partial charge in [-0.25, -0.2) is 10.4 Å². The van der Waals surface area contributed by atoms with Crippen molar-refractivity contribution in [2.24, 2.45) is 0 Å². The monoisotopic (exact) mass is 201 g/mol. The van der Waals surface area contributed by atoms with E-state index in [0.29, 0.717) is 26.1 Å². The van der Waals surface area contributed by atoms with Crippen molar-refractivity contribution in [3.8, 4) is 0 Å². The Bertz CT molecular complexity index is 222. The molecule has 1 saturated heterocycles. The van der Waals surface area contributed by atoms with Crippen LogP contribution in [-0.4, -0.2) is 62.1 Å². The highest BCUT2D eigenvalue weighted by Gasteiger charge is 2.34. The fourth-order valence-corrected chi connectivity index (χ4v) is 1.46. The molecule has 80 valence electrons. The van der Waals surface area contributed by atoms with Crippen LogP contribution < -0.4 is 5.43 Å². The molecule has 0 radical (unpaired) electrons. The lowest BCUT2D eigenvalue weighted by atomic mass is 10.3. The average Bonchev–Trinajstić information content (AvgIpc) is 2.55. The molecule has 0 bridgehead atoms. The molecule has 14 heavy (non-hydrogen) atoms. The first-order valence-electron chi connectivity index (χ1n) is 4.39. The number of nitrogens with zero attached hydrogens (tertiary/aromatic N) is 2. The second-order valence-electron chi connectivity index (χ2n) is 3.13. The molecule has 1 aliphatic heterocycles. The quantitative estimate of drug-likeness (QED) is 0.428. The summed E-state index contributed by atoms with van der Waals surface area (Å²) >= 11 is 0. The highest BCUT2D eigenvalue weighted by Crippen LogP contribution is 2.08. The molecule has 1 heterocycles. The number of hydrogen-bond acceptors (Lipinski definition) is 6. The molecule has 0 amide bonds. The normalized spacial score (nSPS) is 24.0. The summed E-state index contributed by atoms with van der Waals surface area (Å²) in [4.78, 5) is 23.5. The highest BCUT2D eigenvalue weighted by atomic mass is 16.5. The number of likely N-dealkylation sites (N-methyl/N-ethyl adjacent to an activating group) is 1. The highest BCUT2D eigenvalue weighted by molar-refractivity contribution is 6.27. The van der Waals surface area contributed by atoms with Gasteiger partial charge in [0, 0.05) is 20.7 Å². The molecule has 1 unspecified atom stereocenters. The van der Waals surface area contributed by atoms with E-state index in [0.717, 1.165) is 0 Å². The van der Waals surface area contributed by atoms with Gasteiger partial charge in [-0.15, -0.1) is 0 Å². The first-order chi connectivity index (χ1) is 6.70. The first kappa shape index (κ1) is 11.3. The first-order valence-corrected chi connectivity index (χ1v) is 4.39. The van der Waals surface area contributed by atoms with Crippen molar-refractivity contribution < 1.29 is 14.3 Å². The standard InChI is InChI=1S/C8H15N3O3/c1-10-8(7(13)5-12)11(6-9-10)3-4-14-2/h5,8-9H,3-4,6H2,1-2H3. The van der Waals surface area contributed by atoms with E-state index in [1.807, 2.05) is 4.90 Å². The lowest BCUT2D eigenvalue weighted by molar-refractivity contribution is -0.136. The molecule has 1 rings (SSSR count). The lowest BCUT2D eigenvalue weighted by Crippen LogP contribution is -2.46. The smallest absolute Gasteiger partial charge is 0.228 e. The van der Waals surface area contributed by atoms with Crippen LogP contribution in [0.25, 0.3) is 0 Å². The Morgan fingerprint density at radius 1 is 1.71 bits per heavy atom. The van der Waals surface area contributed by atoms with Crippen LogP contribution in [0.2, 0.25) is 0 Å². The molecule has 1 N–H and O–H groups in total. The number of aldehydes is 1. The average molecular weight is 201 g/mol. The zero-order valence-electron chi connectivity index (χ0n) is 8.40. The summed E-state index contributed by atoms with van der Waals surface area (Å²) in [7, 11) is 3.34. The van der Waals surface area contributed by atoms with E-state index in [4.69, 9.17) is 4.74 Å². The Morgan fingerprint density at radius 3 is 3.00 bits per heavy atom. The molecule has 0 aromatic heterocycles. The summed E-state index contributed by atoms with van der Waals surface area (Å²) < 4.78 is 4.91. The van der Waals surface area contributed by atoms with Crippen molar-refractivity contribution in [3.63, 3.8) is 0 Å². The minimum atomic E-state index is -0.498. The third kappa shape index (κ3) is 2.36. The second-order valence-corrected chi connectivity index (χ2v) is 3.13. The summed E-state index contributed by atoms with van der Waals surface area (Å²) in [6, 6.07) is 0. The van der Waals surface area contributed by atoms with Crippen LogP contribution in [-0.2, 0) is 14.3 Å². The van der Waals surface area contributed by atoms with Gasteiger partial charge in [0.15, 0.2) is 6.29 Å². The van der Waals surface area contributed by atoms with Gasteiger partial charge in [-0.2, -0.15) is 0 Å². The third-order valence-corrected chi connectivity index (χ3v) is 2.19. The minimum absolute atomic E-state index is 0.355. The summed E-state index contributed by atoms with van der Waals surface area (Å²) in [5.41, 5.74) is 2.97. The zero-order valence-corrected chi connectivity index (χ0v) is 8.40. The molecule has 1 atom stereocenters. The van der Waals surface area contributed by atoms with Crippen LogP contribution in [0.5, 0.6) is 0 Å². The van der Waals surface area contributed by atoms with Gasteiger partial charge in [-0.3, -0.25) is 14.5 Å². The van der Waals surface area contributed by atoms with Gasteiger partial charge in [0.05, 0.1) is 13.3 Å². The van der Waals surface area contributed by atoms with E-state index in [2.05, 4.69) is 5.43 Å². The van der Waals surface area contributed by atoms with Crippen molar-refractivity contribution in [3.05, 3.63) is 0 Å². The fraction of sp³-hybridized carbons (Fsp3) is 0.750. The number of ketones is 1. The van der Waals surface area contributed by atoms with Crippen molar-refractivity contribution >= 4 is 12.1 Å². The van der Waals surface area contributed by atoms with Crippen molar-refractivity contribution in [2.45, 2.75) is 6.17 Å². The molecule has 0 aromatic carbocycles. The maximum Gasteiger partial charge on any atom is 0.228 e. The van der Waals surface area contributed by atoms with E-state index in [1.54, 1.807) is 19.2 Å². The number of rotatable bonds is 5. The number of nitrogens with one attached hydrogen (secondary N) is 1. The van der Waals surface area contributed by atoms with Gasteiger partial charge >= 0.3 is 0 Å². The maximum atomic E-state index is 11.3. The fourth-order valence-electron chi connectivity index (χ4n) is 1.46. The Morgan fingerprint density at radius 2 is 2.43 bits per heavy atom. The number of carbonyl (C=O) groups excluding carboxylic acids is 2. The van der Waals surface area contributed by atoms with Gasteiger partial charge in [-0.1, -0.05) is 0 Å². The summed E-state index contributed by atoms with van der Waals surface area (Å²) in [6.07, 6.45) is -0.142. The van der Waals surface area contributed by atoms with Crippen LogP contribution in [0.3, 0.4) is 0 Å². The Balaban J connectivity index is 2.57. The number of hydrogen-bond donors (Lipinski definition) is 1. The predicted molar refractivity (Wildman–Crippen MR) is 49.2 cm³/mol. The van der Waals surface area contributed by atoms with Crippen LogP contribution in [0.1, 0.15) is 0 Å².